The Labute approximate surface area is 168 Å². The van der Waals surface area contributed by atoms with Gasteiger partial charge in [-0.2, -0.15) is 12.6 Å². The van der Waals surface area contributed by atoms with Crippen molar-refractivity contribution in [1.29, 1.82) is 0 Å². The molecule has 4 aromatic carbocycles. The number of rotatable bonds is 5. The Morgan fingerprint density at radius 3 is 1.07 bits per heavy atom. The predicted octanol–water partition coefficient (Wildman–Crippen LogP) is 5.95. The first-order chi connectivity index (χ1) is 13.3. The second-order valence-corrected chi connectivity index (χ2v) is 9.81. The number of hydrogen-bond acceptors (Lipinski definition) is 1. The molecule has 2 heteroatoms. The molecule has 0 aliphatic carbocycles. The Morgan fingerprint density at radius 2 is 0.741 bits per heavy atom. The Bertz CT molecular complexity index is 891. The molecule has 0 atom stereocenters. The number of hydrogen-bond donors (Lipinski definition) is 1. The van der Waals surface area contributed by atoms with Gasteiger partial charge >= 0.3 is 0 Å². The topological polar surface area (TPSA) is 0 Å². The minimum Gasteiger partial charge on any atom is -0.158 e. The summed E-state index contributed by atoms with van der Waals surface area (Å²) in [4.78, 5) is 0. The van der Waals surface area contributed by atoms with Crippen molar-refractivity contribution in [3.63, 3.8) is 0 Å². The Hall–Kier alpha value is -2.34. The van der Waals surface area contributed by atoms with Gasteiger partial charge in [0.1, 0.15) is 0 Å². The molecule has 0 saturated heterocycles. The zero-order valence-electron chi connectivity index (χ0n) is 14.9. The van der Waals surface area contributed by atoms with Gasteiger partial charge < -0.3 is 0 Å². The summed E-state index contributed by atoms with van der Waals surface area (Å²) in [5.74, 6) is 0. The van der Waals surface area contributed by atoms with Crippen molar-refractivity contribution in [1.82, 2.24) is 0 Å². The van der Waals surface area contributed by atoms with Gasteiger partial charge in [0.25, 0.3) is 0 Å². The van der Waals surface area contributed by atoms with Gasteiger partial charge in [-0.15, -0.1) is 0 Å². The highest BCUT2D eigenvalue weighted by Gasteiger charge is 2.40. The lowest BCUT2D eigenvalue weighted by Crippen LogP contribution is -2.29. The van der Waals surface area contributed by atoms with Crippen molar-refractivity contribution in [3.05, 3.63) is 132 Å². The van der Waals surface area contributed by atoms with Crippen LogP contribution in [0.5, 0.6) is 0 Å². The van der Waals surface area contributed by atoms with Gasteiger partial charge in [0.05, 0.1) is 4.49 Å². The fraction of sp³-hybridized carbons (Fsp3) is 0.0400. The van der Waals surface area contributed by atoms with Crippen molar-refractivity contribution < 1.29 is 0 Å². The van der Waals surface area contributed by atoms with Gasteiger partial charge in [0, 0.05) is 0 Å². The summed E-state index contributed by atoms with van der Waals surface area (Å²) < 4.78 is -0.430. The predicted molar refractivity (Wildman–Crippen MR) is 122 cm³/mol. The van der Waals surface area contributed by atoms with E-state index in [1.165, 1.54) is 21.7 Å². The molecule has 0 unspecified atom stereocenters. The van der Waals surface area contributed by atoms with E-state index in [1.807, 2.05) is 0 Å². The maximum Gasteiger partial charge on any atom is 0.0904 e. The zero-order valence-corrected chi connectivity index (χ0v) is 16.7. The molecule has 0 N–H and O–H groups in total. The summed E-state index contributed by atoms with van der Waals surface area (Å²) in [6.45, 7) is 0. The van der Waals surface area contributed by atoms with E-state index in [1.54, 1.807) is 0 Å². The fourth-order valence-electron chi connectivity index (χ4n) is 3.44. The average molecular weight is 384 g/mol. The summed E-state index contributed by atoms with van der Waals surface area (Å²) in [6, 6.07) is 42.9. The SMILES string of the molecule is SC(c1ccccc1)(c1ccccc1)P(c1ccccc1)c1ccccc1. The van der Waals surface area contributed by atoms with Crippen molar-refractivity contribution >= 4 is 31.2 Å². The molecule has 0 aliphatic rings. The van der Waals surface area contributed by atoms with Gasteiger partial charge in [-0.1, -0.05) is 121 Å². The summed E-state index contributed by atoms with van der Waals surface area (Å²) >= 11 is 5.44. The van der Waals surface area contributed by atoms with Crippen molar-refractivity contribution in [2.75, 3.05) is 0 Å². The third-order valence-corrected chi connectivity index (χ3v) is 8.61. The summed E-state index contributed by atoms with van der Waals surface area (Å²) in [5, 5.41) is 2.64. The van der Waals surface area contributed by atoms with Crippen LogP contribution < -0.4 is 10.6 Å². The molecule has 0 amide bonds. The normalized spacial score (nSPS) is 11.5. The second kappa shape index (κ2) is 8.13. The van der Waals surface area contributed by atoms with E-state index in [2.05, 4.69) is 121 Å². The molecule has 4 rings (SSSR count). The van der Waals surface area contributed by atoms with Gasteiger partial charge in [-0.3, -0.25) is 0 Å². The summed E-state index contributed by atoms with van der Waals surface area (Å²) in [6.07, 6.45) is 0. The Balaban J connectivity index is 2.01. The van der Waals surface area contributed by atoms with E-state index in [9.17, 15) is 0 Å². The Morgan fingerprint density at radius 1 is 0.444 bits per heavy atom. The van der Waals surface area contributed by atoms with Gasteiger partial charge in [0.15, 0.2) is 0 Å². The summed E-state index contributed by atoms with van der Waals surface area (Å²) in [7, 11) is -0.785. The lowest BCUT2D eigenvalue weighted by molar-refractivity contribution is 1.07. The van der Waals surface area contributed by atoms with E-state index in [0.717, 1.165) is 0 Å². The van der Waals surface area contributed by atoms with E-state index >= 15 is 0 Å². The van der Waals surface area contributed by atoms with Crippen LogP contribution in [-0.4, -0.2) is 0 Å². The highest BCUT2D eigenvalue weighted by molar-refractivity contribution is 7.95. The monoisotopic (exact) mass is 384 g/mol. The number of thiol groups is 1. The third-order valence-electron chi connectivity index (χ3n) is 4.71. The van der Waals surface area contributed by atoms with Crippen LogP contribution in [0.15, 0.2) is 121 Å². The second-order valence-electron chi connectivity index (χ2n) is 6.41. The standard InChI is InChI=1S/C25H21PS/c27-25(21-13-5-1-6-14-21,22-15-7-2-8-16-22)26(23-17-9-3-10-18-23)24-19-11-4-12-20-24/h1-20,27H. The van der Waals surface area contributed by atoms with Crippen LogP contribution in [-0.2, 0) is 4.49 Å². The van der Waals surface area contributed by atoms with Crippen LogP contribution in [0.4, 0.5) is 0 Å². The van der Waals surface area contributed by atoms with Crippen LogP contribution in [0.25, 0.3) is 0 Å². The van der Waals surface area contributed by atoms with E-state index < -0.39 is 12.4 Å². The molecule has 0 nitrogen and oxygen atoms in total. The van der Waals surface area contributed by atoms with Gasteiger partial charge in [-0.25, -0.2) is 0 Å². The first-order valence-electron chi connectivity index (χ1n) is 9.04. The molecule has 0 aromatic heterocycles. The van der Waals surface area contributed by atoms with Crippen molar-refractivity contribution in [3.8, 4) is 0 Å². The van der Waals surface area contributed by atoms with Crippen LogP contribution in [0.3, 0.4) is 0 Å². The van der Waals surface area contributed by atoms with E-state index in [4.69, 9.17) is 12.6 Å². The molecule has 0 heterocycles. The highest BCUT2D eigenvalue weighted by atomic mass is 32.1. The average Bonchev–Trinajstić information content (AvgIpc) is 2.76. The molecular weight excluding hydrogens is 363 g/mol. The fourth-order valence-corrected chi connectivity index (χ4v) is 7.23. The minimum absolute atomic E-state index is 0.430. The van der Waals surface area contributed by atoms with Crippen molar-refractivity contribution in [2.24, 2.45) is 0 Å². The molecule has 27 heavy (non-hydrogen) atoms. The molecule has 0 radical (unpaired) electrons. The first kappa shape index (κ1) is 18.0. The molecule has 0 fully saturated rings. The smallest absolute Gasteiger partial charge is 0.0904 e. The zero-order chi connectivity index (χ0) is 18.5. The maximum absolute atomic E-state index is 5.44. The lowest BCUT2D eigenvalue weighted by Gasteiger charge is -2.39. The molecule has 4 aromatic rings. The van der Waals surface area contributed by atoms with E-state index in [0.29, 0.717) is 0 Å². The number of benzene rings is 4. The minimum atomic E-state index is -0.785. The largest absolute Gasteiger partial charge is 0.158 e. The van der Waals surface area contributed by atoms with Crippen LogP contribution in [0, 0.1) is 0 Å². The van der Waals surface area contributed by atoms with Crippen molar-refractivity contribution in [2.45, 2.75) is 4.49 Å². The molecule has 0 aliphatic heterocycles. The van der Waals surface area contributed by atoms with E-state index in [-0.39, 0.29) is 0 Å². The molecule has 132 valence electrons. The highest BCUT2D eigenvalue weighted by Crippen LogP contribution is 2.60. The van der Waals surface area contributed by atoms with Crippen LogP contribution >= 0.6 is 20.6 Å². The molecular formula is C25H21PS. The summed E-state index contributed by atoms with van der Waals surface area (Å²) in [5.41, 5.74) is 2.44. The maximum atomic E-state index is 5.44. The lowest BCUT2D eigenvalue weighted by atomic mass is 10.0. The third kappa shape index (κ3) is 3.58. The molecule has 0 saturated carbocycles. The Kier molecular flexibility index (Phi) is 5.43. The molecule has 0 spiro atoms. The van der Waals surface area contributed by atoms with Crippen LogP contribution in [0.2, 0.25) is 0 Å². The molecule has 0 bridgehead atoms. The first-order valence-corrected chi connectivity index (χ1v) is 10.8. The van der Waals surface area contributed by atoms with Gasteiger partial charge in [-0.05, 0) is 29.7 Å². The van der Waals surface area contributed by atoms with Gasteiger partial charge in [0.2, 0.25) is 0 Å². The van der Waals surface area contributed by atoms with Crippen LogP contribution in [0.1, 0.15) is 11.1 Å². The quantitative estimate of drug-likeness (QED) is 0.319.